The van der Waals surface area contributed by atoms with Crippen LogP contribution in [0, 0.1) is 5.92 Å². The fourth-order valence-electron chi connectivity index (χ4n) is 7.20. The summed E-state index contributed by atoms with van der Waals surface area (Å²) in [5, 5.41) is 5.80. The molecule has 1 saturated carbocycles. The Kier molecular flexibility index (Phi) is 8.74. The monoisotopic (exact) mass is 694 g/mol. The van der Waals surface area contributed by atoms with Crippen LogP contribution in [0.5, 0.6) is 5.75 Å². The first-order valence-corrected chi connectivity index (χ1v) is 16.7. The predicted molar refractivity (Wildman–Crippen MR) is 178 cm³/mol. The Morgan fingerprint density at radius 1 is 1.20 bits per heavy atom. The number of pyridine rings is 1. The highest BCUT2D eigenvalue weighted by Crippen LogP contribution is 2.44. The number of hydrogen-bond donors (Lipinski definition) is 1. The minimum absolute atomic E-state index is 0.117. The molecule has 2 atom stereocenters. The molecule has 7 rings (SSSR count). The number of aromatic nitrogens is 5. The van der Waals surface area contributed by atoms with Crippen LogP contribution in [0.15, 0.2) is 36.8 Å². The molecule has 1 saturated heterocycles. The number of hydrogen-bond acceptors (Lipinski definition) is 9. The van der Waals surface area contributed by atoms with Crippen LogP contribution in [0.2, 0.25) is 5.02 Å². The van der Waals surface area contributed by atoms with E-state index < -0.39 is 11.8 Å². The van der Waals surface area contributed by atoms with Crippen molar-refractivity contribution in [1.82, 2.24) is 29.6 Å². The number of halogens is 3. The molecule has 1 aromatic carbocycles. The van der Waals surface area contributed by atoms with Gasteiger partial charge in [0.25, 0.3) is 17.7 Å². The van der Waals surface area contributed by atoms with Crippen LogP contribution >= 0.6 is 11.6 Å². The Bertz CT molecular complexity index is 1910. The average molecular weight is 695 g/mol. The zero-order valence-corrected chi connectivity index (χ0v) is 28.2. The Labute approximate surface area is 286 Å². The third-order valence-corrected chi connectivity index (χ3v) is 9.78. The lowest BCUT2D eigenvalue weighted by molar-refractivity contribution is -0.139. The summed E-state index contributed by atoms with van der Waals surface area (Å²) >= 11 is 5.95. The number of fused-ring (bicyclic) bond motifs is 2. The molecule has 258 valence electrons. The first kappa shape index (κ1) is 33.2. The van der Waals surface area contributed by atoms with Crippen molar-refractivity contribution < 1.29 is 27.8 Å². The molecular formula is C34H37ClF2N8O4. The topological polar surface area (TPSA) is 142 Å². The first-order chi connectivity index (χ1) is 23.4. The van der Waals surface area contributed by atoms with Crippen molar-refractivity contribution in [2.45, 2.75) is 70.2 Å². The van der Waals surface area contributed by atoms with Crippen LogP contribution < -0.4 is 15.4 Å². The molecule has 2 amide bonds. The van der Waals surface area contributed by atoms with Gasteiger partial charge in [-0.1, -0.05) is 31.5 Å². The van der Waals surface area contributed by atoms with E-state index in [0.29, 0.717) is 81.6 Å². The van der Waals surface area contributed by atoms with Gasteiger partial charge in [0.1, 0.15) is 11.6 Å². The Morgan fingerprint density at radius 2 is 1.96 bits per heavy atom. The standard InChI is InChI=1S/C34H37ClF2N8O4/c1-18(2)8-23-31(32(38)47)30(19-4-5-24-26(9-19)49-17-29(46)44(24)16-28-39-12-20(35)13-40-28)22-14-41-45(33(22)42-23)25-6-7-43(15-27(25)48-3)21-10-34(36,37)11-21/h4-5,9,12-14,18,21,25,27H,6-8,10-11,15-17H2,1-3H3,(H2,38,47)/t25-,27+/m0/s1. The number of primary amides is 1. The van der Waals surface area contributed by atoms with E-state index in [0.717, 1.165) is 0 Å². The quantitative estimate of drug-likeness (QED) is 0.261. The number of carbonyl (C=O) groups excluding carboxylic acids is 2. The van der Waals surface area contributed by atoms with Crippen LogP contribution in [-0.2, 0) is 22.5 Å². The lowest BCUT2D eigenvalue weighted by atomic mass is 9.85. The van der Waals surface area contributed by atoms with Gasteiger partial charge in [-0.3, -0.25) is 19.4 Å². The van der Waals surface area contributed by atoms with Crippen LogP contribution in [-0.4, -0.2) is 86.3 Å². The van der Waals surface area contributed by atoms with Gasteiger partial charge in [-0.15, -0.1) is 0 Å². The smallest absolute Gasteiger partial charge is 0.265 e. The molecule has 4 aromatic rings. The molecule has 49 heavy (non-hydrogen) atoms. The highest BCUT2D eigenvalue weighted by Gasteiger charge is 2.49. The number of benzene rings is 1. The van der Waals surface area contributed by atoms with Crippen LogP contribution in [0.25, 0.3) is 22.2 Å². The molecule has 12 nitrogen and oxygen atoms in total. The Hall–Kier alpha value is -4.27. The molecule has 5 heterocycles. The third kappa shape index (κ3) is 6.32. The van der Waals surface area contributed by atoms with E-state index in [1.54, 1.807) is 30.3 Å². The minimum atomic E-state index is -2.60. The maximum Gasteiger partial charge on any atom is 0.265 e. The van der Waals surface area contributed by atoms with E-state index in [2.05, 4.69) is 14.9 Å². The number of nitrogens with two attached hydrogens (primary N) is 1. The first-order valence-electron chi connectivity index (χ1n) is 16.3. The van der Waals surface area contributed by atoms with Crippen molar-refractivity contribution >= 4 is 40.1 Å². The number of ether oxygens (including phenoxy) is 2. The van der Waals surface area contributed by atoms with Crippen molar-refractivity contribution in [3.05, 3.63) is 58.9 Å². The van der Waals surface area contributed by atoms with Gasteiger partial charge in [-0.25, -0.2) is 28.4 Å². The second kappa shape index (κ2) is 12.9. The predicted octanol–water partition coefficient (Wildman–Crippen LogP) is 4.82. The fourth-order valence-corrected chi connectivity index (χ4v) is 7.30. The molecule has 0 spiro atoms. The summed E-state index contributed by atoms with van der Waals surface area (Å²) in [5.74, 6) is -2.47. The highest BCUT2D eigenvalue weighted by molar-refractivity contribution is 6.30. The van der Waals surface area contributed by atoms with Gasteiger partial charge in [0.05, 0.1) is 46.9 Å². The summed E-state index contributed by atoms with van der Waals surface area (Å²) in [6.07, 6.45) is 5.16. The van der Waals surface area contributed by atoms with Crippen LogP contribution in [0.1, 0.15) is 61.0 Å². The SMILES string of the molecule is CO[C@@H]1CN(C2CC(F)(F)C2)CC[C@@H]1n1ncc2c(-c3ccc4c(c3)OCC(=O)N4Cc3ncc(Cl)cn3)c(C(N)=O)c(CC(C)C)nc21. The van der Waals surface area contributed by atoms with Gasteiger partial charge in [0, 0.05) is 62.4 Å². The molecule has 2 N–H and O–H groups in total. The molecule has 3 aliphatic rings. The lowest BCUT2D eigenvalue weighted by Gasteiger charge is -2.47. The maximum absolute atomic E-state index is 13.7. The normalized spacial score (nSPS) is 21.1. The summed E-state index contributed by atoms with van der Waals surface area (Å²) < 4.78 is 41.0. The van der Waals surface area contributed by atoms with E-state index in [1.807, 2.05) is 24.6 Å². The van der Waals surface area contributed by atoms with Crippen molar-refractivity contribution in [2.24, 2.45) is 11.7 Å². The largest absolute Gasteiger partial charge is 0.482 e. The van der Waals surface area contributed by atoms with Gasteiger partial charge >= 0.3 is 0 Å². The summed E-state index contributed by atoms with van der Waals surface area (Å²) in [5.41, 5.74) is 9.23. The van der Waals surface area contributed by atoms with E-state index >= 15 is 0 Å². The van der Waals surface area contributed by atoms with Crippen molar-refractivity contribution in [2.75, 3.05) is 31.7 Å². The van der Waals surface area contributed by atoms with E-state index in [-0.39, 0.29) is 56.0 Å². The zero-order chi connectivity index (χ0) is 34.6. The maximum atomic E-state index is 13.7. The average Bonchev–Trinajstić information content (AvgIpc) is 3.47. The number of methoxy groups -OCH3 is 1. The number of nitrogens with zero attached hydrogens (tertiary/aromatic N) is 7. The van der Waals surface area contributed by atoms with E-state index in [9.17, 15) is 18.4 Å². The summed E-state index contributed by atoms with van der Waals surface area (Å²) in [6.45, 7) is 5.12. The number of anilines is 1. The second-order valence-corrected chi connectivity index (χ2v) is 13.8. The zero-order valence-electron chi connectivity index (χ0n) is 27.4. The number of carbonyl (C=O) groups is 2. The number of amides is 2. The fraction of sp³-hybridized carbons (Fsp3) is 0.471. The molecule has 2 aliphatic heterocycles. The lowest BCUT2D eigenvalue weighted by Crippen LogP contribution is -2.56. The Balaban J connectivity index is 1.29. The minimum Gasteiger partial charge on any atom is -0.482 e. The van der Waals surface area contributed by atoms with Gasteiger partial charge in [-0.2, -0.15) is 5.10 Å². The molecule has 15 heteroatoms. The van der Waals surface area contributed by atoms with Crippen molar-refractivity contribution in [3.63, 3.8) is 0 Å². The van der Waals surface area contributed by atoms with Gasteiger partial charge in [-0.05, 0) is 36.5 Å². The van der Waals surface area contributed by atoms with E-state index in [4.69, 9.17) is 36.9 Å². The third-order valence-electron chi connectivity index (χ3n) is 9.59. The summed E-state index contributed by atoms with van der Waals surface area (Å²) in [6, 6.07) is 4.99. The van der Waals surface area contributed by atoms with Crippen molar-refractivity contribution in [3.8, 4) is 16.9 Å². The molecule has 0 radical (unpaired) electrons. The molecular weight excluding hydrogens is 658 g/mol. The van der Waals surface area contributed by atoms with Gasteiger partial charge in [0.15, 0.2) is 12.3 Å². The van der Waals surface area contributed by atoms with Crippen LogP contribution in [0.3, 0.4) is 0 Å². The molecule has 1 aliphatic carbocycles. The second-order valence-electron chi connectivity index (χ2n) is 13.4. The molecule has 3 aromatic heterocycles. The number of alkyl halides is 2. The number of piperidine rings is 1. The van der Waals surface area contributed by atoms with E-state index in [1.165, 1.54) is 12.4 Å². The number of likely N-dealkylation sites (tertiary alicyclic amines) is 1. The van der Waals surface area contributed by atoms with Crippen LogP contribution in [0.4, 0.5) is 14.5 Å². The molecule has 0 bridgehead atoms. The van der Waals surface area contributed by atoms with Gasteiger partial charge in [0.2, 0.25) is 0 Å². The Morgan fingerprint density at radius 3 is 2.63 bits per heavy atom. The highest BCUT2D eigenvalue weighted by atomic mass is 35.5. The van der Waals surface area contributed by atoms with Crippen molar-refractivity contribution in [1.29, 1.82) is 0 Å². The molecule has 2 fully saturated rings. The molecule has 0 unspecified atom stereocenters. The number of rotatable bonds is 9. The summed E-state index contributed by atoms with van der Waals surface area (Å²) in [4.78, 5) is 43.3. The van der Waals surface area contributed by atoms with Gasteiger partial charge < -0.3 is 15.2 Å². The summed E-state index contributed by atoms with van der Waals surface area (Å²) in [7, 11) is 1.62.